The van der Waals surface area contributed by atoms with Gasteiger partial charge in [0.15, 0.2) is 0 Å². The Kier molecular flexibility index (Phi) is 3.39. The van der Waals surface area contributed by atoms with Crippen LogP contribution in [-0.2, 0) is 0 Å². The van der Waals surface area contributed by atoms with Gasteiger partial charge in [-0.1, -0.05) is 54.6 Å². The lowest BCUT2D eigenvalue weighted by Crippen LogP contribution is -2.22. The van der Waals surface area contributed by atoms with Gasteiger partial charge >= 0.3 is 0 Å². The highest BCUT2D eigenvalue weighted by Gasteiger charge is 2.30. The maximum atomic E-state index is 13.4. The first kappa shape index (κ1) is 14.8. The average molecular weight is 442 g/mol. The molecule has 6 rings (SSSR count). The summed E-state index contributed by atoms with van der Waals surface area (Å²) in [5.41, 5.74) is 4.14. The number of allylic oxidation sites excluding steroid dienone is 1. The van der Waals surface area contributed by atoms with Gasteiger partial charge in [0.05, 0.1) is 0 Å². The number of rotatable bonds is 1. The largest absolute Gasteiger partial charge is 0.207 e. The van der Waals surface area contributed by atoms with E-state index in [0.29, 0.717) is 5.92 Å². The Labute approximate surface area is 155 Å². The van der Waals surface area contributed by atoms with Gasteiger partial charge in [-0.25, -0.2) is 4.39 Å². The Balaban J connectivity index is 1.85. The van der Waals surface area contributed by atoms with Crippen molar-refractivity contribution in [1.82, 2.24) is 0 Å². The van der Waals surface area contributed by atoms with E-state index in [1.54, 1.807) is 12.1 Å². The normalized spacial score (nSPS) is 19.9. The summed E-state index contributed by atoms with van der Waals surface area (Å²) in [6, 6.07) is 20.5. The Bertz CT molecular complexity index is 974. The fourth-order valence-corrected chi connectivity index (χ4v) is 6.91. The minimum Gasteiger partial charge on any atom is -0.207 e. The van der Waals surface area contributed by atoms with E-state index in [4.69, 9.17) is 0 Å². The fraction of sp³-hybridized carbons (Fsp3) is 0.0476. The topological polar surface area (TPSA) is 0 Å². The minimum absolute atomic E-state index is 0.179. The van der Waals surface area contributed by atoms with E-state index < -0.39 is 7.92 Å². The number of fused-ring (bicyclic) bond motifs is 2. The third-order valence-electron chi connectivity index (χ3n) is 4.81. The van der Waals surface area contributed by atoms with E-state index in [1.807, 2.05) is 12.1 Å². The van der Waals surface area contributed by atoms with Crippen molar-refractivity contribution in [2.24, 2.45) is 0 Å². The van der Waals surface area contributed by atoms with Crippen LogP contribution in [0.4, 0.5) is 4.39 Å². The number of hydrogen-bond acceptors (Lipinski definition) is 0. The van der Waals surface area contributed by atoms with Crippen molar-refractivity contribution in [2.45, 2.75) is 5.92 Å². The molecule has 0 spiro atoms. The molecule has 2 unspecified atom stereocenters. The molecule has 2 aliphatic heterocycles. The molecule has 3 aromatic rings. The molecule has 0 saturated carbocycles. The molecule has 0 N–H and O–H groups in total. The van der Waals surface area contributed by atoms with Crippen LogP contribution >= 0.6 is 30.5 Å². The van der Waals surface area contributed by atoms with Crippen LogP contribution in [0, 0.1) is 9.39 Å². The smallest absolute Gasteiger partial charge is 0.123 e. The van der Waals surface area contributed by atoms with Crippen molar-refractivity contribution in [3.05, 3.63) is 92.8 Å². The van der Waals surface area contributed by atoms with Crippen molar-refractivity contribution < 1.29 is 4.39 Å². The average Bonchev–Trinajstić information content (AvgIpc) is 3.07. The summed E-state index contributed by atoms with van der Waals surface area (Å²) in [4.78, 5) is 0. The van der Waals surface area contributed by atoms with Crippen LogP contribution in [0.15, 0.2) is 66.7 Å². The predicted molar refractivity (Wildman–Crippen MR) is 109 cm³/mol. The summed E-state index contributed by atoms with van der Waals surface area (Å²) < 4.78 is 14.7. The second-order valence-corrected chi connectivity index (χ2v) is 9.48. The van der Waals surface area contributed by atoms with Gasteiger partial charge < -0.3 is 0 Å². The summed E-state index contributed by atoms with van der Waals surface area (Å²) in [6.07, 6.45) is 4.60. The third-order valence-corrected chi connectivity index (χ3v) is 8.25. The fourth-order valence-electron chi connectivity index (χ4n) is 3.70. The van der Waals surface area contributed by atoms with E-state index in [1.165, 1.54) is 36.2 Å². The van der Waals surface area contributed by atoms with Gasteiger partial charge in [0, 0.05) is 9.49 Å². The highest BCUT2D eigenvalue weighted by atomic mass is 127. The van der Waals surface area contributed by atoms with Crippen LogP contribution < -0.4 is 15.9 Å². The van der Waals surface area contributed by atoms with Gasteiger partial charge in [-0.05, 0) is 81.3 Å². The van der Waals surface area contributed by atoms with Crippen LogP contribution in [0.25, 0.3) is 6.08 Å². The zero-order valence-corrected chi connectivity index (χ0v) is 15.8. The Morgan fingerprint density at radius 2 is 1.50 bits per heavy atom. The first-order valence-corrected chi connectivity index (χ1v) is 10.3. The molecule has 1 aliphatic carbocycles. The lowest BCUT2D eigenvalue weighted by atomic mass is 9.93. The standard InChI is InChI=1S/C21H13FIP/c22-14-3-7-16(8-4-14)24-15-5-1-13(2-6-15)17-9-10-18-20(24)12-11-19(23)21(17)18/h1-12,17H. The molecule has 2 heterocycles. The molecule has 0 nitrogen and oxygen atoms in total. The Morgan fingerprint density at radius 1 is 0.833 bits per heavy atom. The van der Waals surface area contributed by atoms with Crippen molar-refractivity contribution in [2.75, 3.05) is 0 Å². The summed E-state index contributed by atoms with van der Waals surface area (Å²) in [7, 11) is -0.675. The number of benzene rings is 3. The molecule has 0 radical (unpaired) electrons. The molecule has 116 valence electrons. The summed E-state index contributed by atoms with van der Waals surface area (Å²) in [5, 5.41) is 3.89. The van der Waals surface area contributed by atoms with Crippen molar-refractivity contribution in [3.8, 4) is 0 Å². The second kappa shape index (κ2) is 5.50. The molecule has 2 atom stereocenters. The van der Waals surface area contributed by atoms with Crippen LogP contribution in [0.2, 0.25) is 0 Å². The quantitative estimate of drug-likeness (QED) is 0.380. The zero-order valence-electron chi connectivity index (χ0n) is 12.7. The number of halogens is 2. The first-order valence-electron chi connectivity index (χ1n) is 7.88. The van der Waals surface area contributed by atoms with Crippen molar-refractivity contribution in [1.29, 1.82) is 0 Å². The molecule has 6 bridgehead atoms. The molecule has 0 saturated heterocycles. The van der Waals surface area contributed by atoms with E-state index >= 15 is 0 Å². The molecule has 3 aromatic carbocycles. The summed E-state index contributed by atoms with van der Waals surface area (Å²) in [5.74, 6) is 0.172. The van der Waals surface area contributed by atoms with Crippen molar-refractivity contribution >= 4 is 52.5 Å². The van der Waals surface area contributed by atoms with Gasteiger partial charge in [-0.2, -0.15) is 0 Å². The highest BCUT2D eigenvalue weighted by molar-refractivity contribution is 14.1. The van der Waals surface area contributed by atoms with Crippen LogP contribution in [0.3, 0.4) is 0 Å². The second-order valence-electron chi connectivity index (χ2n) is 6.13. The van der Waals surface area contributed by atoms with Gasteiger partial charge in [0.1, 0.15) is 5.82 Å². The first-order chi connectivity index (χ1) is 11.7. The van der Waals surface area contributed by atoms with Crippen LogP contribution in [0.1, 0.15) is 22.6 Å². The highest BCUT2D eigenvalue weighted by Crippen LogP contribution is 2.44. The Morgan fingerprint density at radius 3 is 2.21 bits per heavy atom. The molecule has 0 fully saturated rings. The molecule has 0 amide bonds. The zero-order chi connectivity index (χ0) is 16.3. The summed E-state index contributed by atoms with van der Waals surface area (Å²) >= 11 is 2.45. The van der Waals surface area contributed by atoms with E-state index in [-0.39, 0.29) is 5.82 Å². The van der Waals surface area contributed by atoms with Gasteiger partial charge in [0.2, 0.25) is 0 Å². The lowest BCUT2D eigenvalue weighted by molar-refractivity contribution is 0.628. The Hall–Kier alpha value is -1.51. The van der Waals surface area contributed by atoms with Gasteiger partial charge in [-0.15, -0.1) is 0 Å². The number of hydrogen-bond donors (Lipinski definition) is 0. The molecule has 3 heteroatoms. The lowest BCUT2D eigenvalue weighted by Gasteiger charge is -2.21. The van der Waals surface area contributed by atoms with Crippen molar-refractivity contribution in [3.63, 3.8) is 0 Å². The van der Waals surface area contributed by atoms with Gasteiger partial charge in [-0.3, -0.25) is 0 Å². The third kappa shape index (κ3) is 2.13. The van der Waals surface area contributed by atoms with Crippen LogP contribution in [0.5, 0.6) is 0 Å². The molecule has 0 aromatic heterocycles. The van der Waals surface area contributed by atoms with E-state index in [0.717, 1.165) is 0 Å². The maximum absolute atomic E-state index is 13.4. The van der Waals surface area contributed by atoms with Gasteiger partial charge in [0.25, 0.3) is 0 Å². The minimum atomic E-state index is -0.675. The van der Waals surface area contributed by atoms with E-state index in [9.17, 15) is 4.39 Å². The SMILES string of the molecule is Fc1ccc(P2c3ccc(cc3)C3C=Cc4c2ccc(I)c43)cc1. The monoisotopic (exact) mass is 442 g/mol. The maximum Gasteiger partial charge on any atom is 0.123 e. The molecule has 3 aliphatic rings. The van der Waals surface area contributed by atoms with Crippen LogP contribution in [-0.4, -0.2) is 0 Å². The predicted octanol–water partition coefficient (Wildman–Crippen LogP) is 4.66. The molecule has 24 heavy (non-hydrogen) atoms. The summed E-state index contributed by atoms with van der Waals surface area (Å²) in [6.45, 7) is 0. The molecular weight excluding hydrogens is 429 g/mol. The van der Waals surface area contributed by atoms with E-state index in [2.05, 4.69) is 71.1 Å². The molecular formula is C21H13FIP.